The van der Waals surface area contributed by atoms with Crippen molar-refractivity contribution in [1.82, 2.24) is 57.8 Å². The molecule has 1 aromatic heterocycles. The molecule has 11 amide bonds. The molecule has 0 aliphatic heterocycles. The Bertz CT molecular complexity index is 3310. The number of primary amides is 2. The fourth-order valence-corrected chi connectivity index (χ4v) is 8.93. The van der Waals surface area contributed by atoms with Crippen LogP contribution in [0.2, 0.25) is 0 Å². The molecule has 93 heavy (non-hydrogen) atoms. The van der Waals surface area contributed by atoms with Crippen molar-refractivity contribution in [3.63, 3.8) is 0 Å². The number of H-pyrrole nitrogens is 1. The number of carboxylic acids is 3. The molecule has 0 spiro atoms. The molecular weight excluding hydrogens is 1220 g/mol. The Hall–Kier alpha value is -11.2. The van der Waals surface area contributed by atoms with Crippen molar-refractivity contribution < 1.29 is 97.8 Å². The van der Waals surface area contributed by atoms with Gasteiger partial charge in [0, 0.05) is 44.0 Å². The molecule has 34 nitrogen and oxygen atoms in total. The molecule has 0 fully saturated rings. The first-order valence-corrected chi connectivity index (χ1v) is 28.8. The van der Waals surface area contributed by atoms with Crippen molar-refractivity contribution in [1.29, 1.82) is 0 Å². The minimum Gasteiger partial charge on any atom is -0.508 e. The largest absolute Gasteiger partial charge is 0.508 e. The Morgan fingerprint density at radius 2 is 0.828 bits per heavy atom. The standard InChI is InChI=1S/C59H76N14O20/c1-28(2)49(73-57(90)44(25-48(81)82)71-52(85)38(16-18-45(61)77)66-51(84)37(60)20-30-4-10-34(74)11-5-30)58(91)72-42(23-33-26-63-27-64-33)53(86)65-29(3)50(83)68-40(21-31-6-12-35(75)13-7-31)54(87)69-41(22-32-8-14-36(76)15-9-32)55(88)70-43(24-46(62)78)56(89)67-39(59(92)93)17-19-47(79)80/h4-15,26-29,37-44,49,74-76H,16-25,60H2,1-3H3,(H2,61,77)(H2,62,78)(H,63,64)(H,65,86)(H,66,84)(H,67,89)(H,68,83)(H,69,87)(H,70,88)(H,71,85)(H,72,91)(H,73,90)(H,79,80)(H,81,82)(H,92,93)/t29-,37-,38-,39-,40-,41-,42-,43-,44-,49-/m0/s1. The van der Waals surface area contributed by atoms with E-state index in [4.69, 9.17) is 22.3 Å². The molecule has 4 rings (SSSR count). The first-order chi connectivity index (χ1) is 43.8. The van der Waals surface area contributed by atoms with Gasteiger partial charge in [-0.3, -0.25) is 62.3 Å². The van der Waals surface area contributed by atoms with Gasteiger partial charge in [-0.15, -0.1) is 0 Å². The summed E-state index contributed by atoms with van der Waals surface area (Å²) in [5.74, 6) is -17.8. The number of aromatic amines is 1. The number of carboxylic acid groups (broad SMARTS) is 3. The third kappa shape index (κ3) is 25.7. The summed E-state index contributed by atoms with van der Waals surface area (Å²) in [7, 11) is 0. The zero-order chi connectivity index (χ0) is 69.2. The molecule has 0 saturated carbocycles. The summed E-state index contributed by atoms with van der Waals surface area (Å²) in [6, 6.07) is -0.368. The maximum atomic E-state index is 14.5. The lowest BCUT2D eigenvalue weighted by molar-refractivity contribution is -0.144. The molecule has 0 bridgehead atoms. The quantitative estimate of drug-likeness (QED) is 0.0202. The van der Waals surface area contributed by atoms with Crippen molar-refractivity contribution in [3.8, 4) is 17.2 Å². The van der Waals surface area contributed by atoms with Gasteiger partial charge in [0.2, 0.25) is 65.0 Å². The highest BCUT2D eigenvalue weighted by molar-refractivity contribution is 6.00. The predicted molar refractivity (Wildman–Crippen MR) is 323 cm³/mol. The Morgan fingerprint density at radius 3 is 1.28 bits per heavy atom. The summed E-state index contributed by atoms with van der Waals surface area (Å²) in [6.45, 7) is 4.15. The molecule has 10 atom stereocenters. The number of phenolic OH excluding ortho intramolecular Hbond substituents is 3. The van der Waals surface area contributed by atoms with Crippen molar-refractivity contribution in [3.05, 3.63) is 108 Å². The Balaban J connectivity index is 1.58. The molecule has 1 heterocycles. The first kappa shape index (κ1) is 74.3. The molecule has 0 unspecified atom stereocenters. The highest BCUT2D eigenvalue weighted by Gasteiger charge is 2.37. The van der Waals surface area contributed by atoms with Gasteiger partial charge in [0.05, 0.1) is 25.2 Å². The van der Waals surface area contributed by atoms with Gasteiger partial charge in [-0.25, -0.2) is 9.78 Å². The number of aromatic nitrogens is 2. The summed E-state index contributed by atoms with van der Waals surface area (Å²) >= 11 is 0. The number of phenols is 3. The van der Waals surface area contributed by atoms with Gasteiger partial charge < -0.3 is 101 Å². The van der Waals surface area contributed by atoms with Crippen LogP contribution >= 0.6 is 0 Å². The number of hydrogen-bond acceptors (Lipinski definition) is 19. The van der Waals surface area contributed by atoms with Crippen LogP contribution in [0.15, 0.2) is 85.3 Å². The number of carbonyl (C=O) groups is 14. The molecule has 0 saturated heterocycles. The van der Waals surface area contributed by atoms with Crippen LogP contribution in [-0.2, 0) is 92.8 Å². The van der Waals surface area contributed by atoms with Crippen LogP contribution in [0.4, 0.5) is 0 Å². The van der Waals surface area contributed by atoms with Crippen molar-refractivity contribution in [2.24, 2.45) is 23.1 Å². The van der Waals surface area contributed by atoms with E-state index >= 15 is 0 Å². The lowest BCUT2D eigenvalue weighted by Crippen LogP contribution is -2.61. The maximum absolute atomic E-state index is 14.5. The van der Waals surface area contributed by atoms with Crippen LogP contribution in [0.3, 0.4) is 0 Å². The van der Waals surface area contributed by atoms with Gasteiger partial charge in [-0.05, 0) is 85.2 Å². The molecule has 0 aliphatic rings. The topological polar surface area (TPSA) is 575 Å². The number of rotatable bonds is 38. The van der Waals surface area contributed by atoms with Crippen molar-refractivity contribution in [2.45, 2.75) is 145 Å². The second-order valence-electron chi connectivity index (χ2n) is 21.9. The molecule has 3 aromatic carbocycles. The smallest absolute Gasteiger partial charge is 0.326 e. The predicted octanol–water partition coefficient (Wildman–Crippen LogP) is -4.27. The zero-order valence-electron chi connectivity index (χ0n) is 50.6. The lowest BCUT2D eigenvalue weighted by atomic mass is 10.0. The van der Waals surface area contributed by atoms with Crippen LogP contribution in [0.1, 0.15) is 81.7 Å². The van der Waals surface area contributed by atoms with E-state index in [2.05, 4.69) is 57.8 Å². The minimum absolute atomic E-state index is 0.0520. The second kappa shape index (κ2) is 35.9. The number of aliphatic carboxylic acids is 3. The number of benzene rings is 3. The zero-order valence-corrected chi connectivity index (χ0v) is 50.6. The molecule has 0 aliphatic carbocycles. The third-order valence-electron chi connectivity index (χ3n) is 14.0. The highest BCUT2D eigenvalue weighted by atomic mass is 16.4. The number of nitrogens with zero attached hydrogens (tertiary/aromatic N) is 1. The van der Waals surface area contributed by atoms with E-state index in [0.717, 1.165) is 0 Å². The fraction of sp³-hybridized carbons (Fsp3) is 0.407. The van der Waals surface area contributed by atoms with Gasteiger partial charge in [-0.1, -0.05) is 50.2 Å². The van der Waals surface area contributed by atoms with Gasteiger partial charge in [0.15, 0.2) is 0 Å². The van der Waals surface area contributed by atoms with E-state index in [-0.39, 0.29) is 42.2 Å². The number of hydrogen-bond donors (Lipinski definition) is 19. The second-order valence-corrected chi connectivity index (χ2v) is 21.9. The van der Waals surface area contributed by atoms with Crippen LogP contribution in [0.5, 0.6) is 17.2 Å². The number of nitrogens with one attached hydrogen (secondary N) is 10. The third-order valence-corrected chi connectivity index (χ3v) is 14.0. The number of nitrogens with two attached hydrogens (primary N) is 3. The van der Waals surface area contributed by atoms with Crippen molar-refractivity contribution in [2.75, 3.05) is 0 Å². The van der Waals surface area contributed by atoms with Gasteiger partial charge in [-0.2, -0.15) is 0 Å². The van der Waals surface area contributed by atoms with E-state index < -0.39 is 194 Å². The van der Waals surface area contributed by atoms with Gasteiger partial charge >= 0.3 is 17.9 Å². The first-order valence-electron chi connectivity index (χ1n) is 28.8. The summed E-state index contributed by atoms with van der Waals surface area (Å²) in [5.41, 5.74) is 18.2. The van der Waals surface area contributed by atoms with Crippen molar-refractivity contribution >= 4 is 82.9 Å². The average Bonchev–Trinajstić information content (AvgIpc) is 1.27. The number of amides is 11. The van der Waals surface area contributed by atoms with Crippen LogP contribution in [0, 0.1) is 5.92 Å². The molecule has 22 N–H and O–H groups in total. The summed E-state index contributed by atoms with van der Waals surface area (Å²) < 4.78 is 0. The van der Waals surface area contributed by atoms with Gasteiger partial charge in [0.1, 0.15) is 71.6 Å². The Labute approximate surface area is 530 Å². The van der Waals surface area contributed by atoms with E-state index in [1.807, 2.05) is 0 Å². The van der Waals surface area contributed by atoms with E-state index in [0.29, 0.717) is 16.7 Å². The number of aromatic hydroxyl groups is 3. The van der Waals surface area contributed by atoms with Crippen LogP contribution in [0.25, 0.3) is 0 Å². The summed E-state index contributed by atoms with van der Waals surface area (Å²) in [6.07, 6.45) is -2.80. The monoisotopic (exact) mass is 1300 g/mol. The maximum Gasteiger partial charge on any atom is 0.326 e. The normalized spacial score (nSPS) is 14.2. The Kier molecular flexibility index (Phi) is 28.6. The summed E-state index contributed by atoms with van der Waals surface area (Å²) in [4.78, 5) is 192. The molecular formula is C59H76N14O20. The van der Waals surface area contributed by atoms with E-state index in [9.17, 15) is 92.7 Å². The number of imidazole rings is 1. The molecule has 0 radical (unpaired) electrons. The SMILES string of the molecule is CC(C)[C@H](NC(=O)[C@H](CC(=O)O)NC(=O)[C@H](CCC(N)=O)NC(=O)[C@@H](N)Cc1ccc(O)cc1)C(=O)N[C@@H](Cc1cnc[nH]1)C(=O)N[C@@H](C)C(=O)N[C@@H](Cc1ccc(O)cc1)C(=O)N[C@@H](Cc1ccc(O)cc1)C(=O)N[C@@H](CC(N)=O)C(=O)N[C@@H](CCC(=O)O)C(=O)O. The fourth-order valence-electron chi connectivity index (χ4n) is 8.93. The molecule has 4 aromatic rings. The van der Waals surface area contributed by atoms with E-state index in [1.54, 1.807) is 0 Å². The van der Waals surface area contributed by atoms with Crippen LogP contribution in [-0.4, -0.2) is 184 Å². The summed E-state index contributed by atoms with van der Waals surface area (Å²) in [5, 5.41) is 79.5. The molecule has 34 heteroatoms. The minimum atomic E-state index is -1.94. The Morgan fingerprint density at radius 1 is 0.430 bits per heavy atom. The lowest BCUT2D eigenvalue weighted by Gasteiger charge is -2.28. The van der Waals surface area contributed by atoms with E-state index in [1.165, 1.54) is 106 Å². The average molecular weight is 1300 g/mol. The highest BCUT2D eigenvalue weighted by Crippen LogP contribution is 2.17. The number of carbonyl (C=O) groups excluding carboxylic acids is 11. The van der Waals surface area contributed by atoms with Crippen LogP contribution < -0.4 is 65.1 Å². The molecule has 502 valence electrons. The van der Waals surface area contributed by atoms with Gasteiger partial charge in [0.25, 0.3) is 0 Å².